The SMILES string of the molecule is COC(=O)c1c(NC(=O)/C(=C/c2ccccc2Cl)c2ccccc2)sc2c1CCN(C)C2. The molecule has 1 amide bonds. The zero-order chi connectivity index (χ0) is 22.7. The number of carbonyl (C=O) groups is 2. The summed E-state index contributed by atoms with van der Waals surface area (Å²) < 4.78 is 5.04. The molecule has 3 aromatic rings. The number of amides is 1. The number of ether oxygens (including phenoxy) is 1. The number of thiophene rings is 1. The minimum Gasteiger partial charge on any atom is -0.465 e. The summed E-state index contributed by atoms with van der Waals surface area (Å²) in [5, 5.41) is 4.06. The second kappa shape index (κ2) is 9.69. The van der Waals surface area contributed by atoms with Gasteiger partial charge >= 0.3 is 5.97 Å². The summed E-state index contributed by atoms with van der Waals surface area (Å²) in [5.41, 5.74) is 3.37. The Kier molecular flexibility index (Phi) is 6.74. The summed E-state index contributed by atoms with van der Waals surface area (Å²) in [7, 11) is 3.40. The lowest BCUT2D eigenvalue weighted by Gasteiger charge is -2.22. The summed E-state index contributed by atoms with van der Waals surface area (Å²) in [6.45, 7) is 1.59. The molecule has 0 saturated carbocycles. The molecule has 0 unspecified atom stereocenters. The van der Waals surface area contributed by atoms with Gasteiger partial charge in [0.05, 0.1) is 12.7 Å². The number of methoxy groups -OCH3 is 1. The summed E-state index contributed by atoms with van der Waals surface area (Å²) >= 11 is 7.78. The molecule has 5 nitrogen and oxygen atoms in total. The number of nitrogens with one attached hydrogen (secondary N) is 1. The van der Waals surface area contributed by atoms with Gasteiger partial charge in [-0.05, 0) is 42.3 Å². The number of hydrogen-bond donors (Lipinski definition) is 1. The Morgan fingerprint density at radius 3 is 2.56 bits per heavy atom. The first kappa shape index (κ1) is 22.3. The van der Waals surface area contributed by atoms with Crippen molar-refractivity contribution in [2.45, 2.75) is 13.0 Å². The Morgan fingerprint density at radius 2 is 1.84 bits per heavy atom. The van der Waals surface area contributed by atoms with Crippen LogP contribution >= 0.6 is 22.9 Å². The quantitative estimate of drug-likeness (QED) is 0.312. The predicted molar refractivity (Wildman–Crippen MR) is 130 cm³/mol. The van der Waals surface area contributed by atoms with Crippen LogP contribution < -0.4 is 5.32 Å². The van der Waals surface area contributed by atoms with Gasteiger partial charge in [0.25, 0.3) is 5.91 Å². The van der Waals surface area contributed by atoms with Crippen LogP contribution in [0.1, 0.15) is 31.9 Å². The monoisotopic (exact) mass is 466 g/mol. The molecule has 0 spiro atoms. The van der Waals surface area contributed by atoms with E-state index in [4.69, 9.17) is 16.3 Å². The van der Waals surface area contributed by atoms with Crippen molar-refractivity contribution in [3.05, 3.63) is 86.8 Å². The van der Waals surface area contributed by atoms with Crippen LogP contribution in [0.5, 0.6) is 0 Å². The number of likely N-dealkylation sites (N-methyl/N-ethyl adjacent to an activating group) is 1. The lowest BCUT2D eigenvalue weighted by Crippen LogP contribution is -2.26. The molecule has 1 aromatic heterocycles. The molecule has 2 heterocycles. The lowest BCUT2D eigenvalue weighted by atomic mass is 10.0. The second-order valence-electron chi connectivity index (χ2n) is 7.59. The van der Waals surface area contributed by atoms with E-state index in [0.29, 0.717) is 21.2 Å². The zero-order valence-corrected chi connectivity index (χ0v) is 19.4. The van der Waals surface area contributed by atoms with Crippen molar-refractivity contribution >= 4 is 51.5 Å². The van der Waals surface area contributed by atoms with Gasteiger partial charge in [-0.2, -0.15) is 0 Å². The highest BCUT2D eigenvalue weighted by atomic mass is 35.5. The minimum absolute atomic E-state index is 0.312. The van der Waals surface area contributed by atoms with Crippen LogP contribution in [0.15, 0.2) is 54.6 Å². The Balaban J connectivity index is 1.75. The summed E-state index contributed by atoms with van der Waals surface area (Å²) in [6, 6.07) is 16.8. The topological polar surface area (TPSA) is 58.6 Å². The van der Waals surface area contributed by atoms with Gasteiger partial charge < -0.3 is 15.0 Å². The smallest absolute Gasteiger partial charge is 0.341 e. The molecule has 1 aliphatic heterocycles. The summed E-state index contributed by atoms with van der Waals surface area (Å²) in [4.78, 5) is 29.4. The van der Waals surface area contributed by atoms with Crippen LogP contribution in [0.25, 0.3) is 11.6 Å². The van der Waals surface area contributed by atoms with Gasteiger partial charge in [-0.15, -0.1) is 11.3 Å². The highest BCUT2D eigenvalue weighted by Gasteiger charge is 2.29. The van der Waals surface area contributed by atoms with Crippen LogP contribution in [-0.4, -0.2) is 37.5 Å². The summed E-state index contributed by atoms with van der Waals surface area (Å²) in [6.07, 6.45) is 2.51. The molecule has 164 valence electrons. The third kappa shape index (κ3) is 4.63. The number of fused-ring (bicyclic) bond motifs is 1. The van der Waals surface area contributed by atoms with Gasteiger partial charge in [0.1, 0.15) is 5.00 Å². The standard InChI is InChI=1S/C25H23ClN2O3S/c1-28-13-12-18-21(15-28)32-24(22(18)25(30)31-2)27-23(29)19(16-8-4-3-5-9-16)14-17-10-6-7-11-20(17)26/h3-11,14H,12-13,15H2,1-2H3,(H,27,29)/b19-14+. The molecule has 2 aromatic carbocycles. The first-order valence-electron chi connectivity index (χ1n) is 10.2. The fraction of sp³-hybridized carbons (Fsp3) is 0.200. The van der Waals surface area contributed by atoms with Gasteiger partial charge in [0, 0.05) is 28.6 Å². The van der Waals surface area contributed by atoms with Crippen molar-refractivity contribution < 1.29 is 14.3 Å². The van der Waals surface area contributed by atoms with Crippen LogP contribution in [0, 0.1) is 0 Å². The summed E-state index contributed by atoms with van der Waals surface area (Å²) in [5.74, 6) is -0.744. The van der Waals surface area contributed by atoms with Gasteiger partial charge in [0.15, 0.2) is 0 Å². The fourth-order valence-electron chi connectivity index (χ4n) is 3.75. The first-order chi connectivity index (χ1) is 15.5. The molecule has 7 heteroatoms. The molecular formula is C25H23ClN2O3S. The number of halogens is 1. The van der Waals surface area contributed by atoms with E-state index in [1.807, 2.05) is 55.6 Å². The van der Waals surface area contributed by atoms with E-state index in [9.17, 15) is 9.59 Å². The number of benzene rings is 2. The first-order valence-corrected chi connectivity index (χ1v) is 11.4. The third-order valence-electron chi connectivity index (χ3n) is 5.40. The molecule has 0 bridgehead atoms. The van der Waals surface area contributed by atoms with Crippen molar-refractivity contribution in [3.8, 4) is 0 Å². The number of rotatable bonds is 5. The van der Waals surface area contributed by atoms with Gasteiger partial charge in [-0.3, -0.25) is 4.79 Å². The van der Waals surface area contributed by atoms with E-state index < -0.39 is 5.97 Å². The molecule has 0 saturated heterocycles. The molecule has 4 rings (SSSR count). The molecular weight excluding hydrogens is 444 g/mol. The maximum Gasteiger partial charge on any atom is 0.341 e. The largest absolute Gasteiger partial charge is 0.465 e. The van der Waals surface area contributed by atoms with Crippen LogP contribution in [-0.2, 0) is 22.5 Å². The number of nitrogens with zero attached hydrogens (tertiary/aromatic N) is 1. The van der Waals surface area contributed by atoms with Gasteiger partial charge in [-0.25, -0.2) is 4.79 Å². The lowest BCUT2D eigenvalue weighted by molar-refractivity contribution is -0.111. The van der Waals surface area contributed by atoms with Crippen molar-refractivity contribution in [1.29, 1.82) is 0 Å². The van der Waals surface area contributed by atoms with Crippen molar-refractivity contribution in [1.82, 2.24) is 4.90 Å². The van der Waals surface area contributed by atoms with Crippen molar-refractivity contribution in [2.24, 2.45) is 0 Å². The Morgan fingerprint density at radius 1 is 1.12 bits per heavy atom. The van der Waals surface area contributed by atoms with E-state index in [1.165, 1.54) is 18.4 Å². The predicted octanol–water partition coefficient (Wildman–Crippen LogP) is 5.36. The maximum atomic E-state index is 13.5. The van der Waals surface area contributed by atoms with Gasteiger partial charge in [-0.1, -0.05) is 60.1 Å². The van der Waals surface area contributed by atoms with Crippen molar-refractivity contribution in [2.75, 3.05) is 26.0 Å². The van der Waals surface area contributed by atoms with E-state index in [2.05, 4.69) is 10.2 Å². The highest BCUT2D eigenvalue weighted by Crippen LogP contribution is 2.38. The van der Waals surface area contributed by atoms with Crippen LogP contribution in [0.2, 0.25) is 5.02 Å². The minimum atomic E-state index is -0.432. The molecule has 0 aliphatic carbocycles. The molecule has 0 radical (unpaired) electrons. The van der Waals surface area contributed by atoms with Crippen molar-refractivity contribution in [3.63, 3.8) is 0 Å². The van der Waals surface area contributed by atoms with Crippen LogP contribution in [0.4, 0.5) is 5.00 Å². The zero-order valence-electron chi connectivity index (χ0n) is 17.9. The maximum absolute atomic E-state index is 13.5. The van der Waals surface area contributed by atoms with E-state index in [0.717, 1.165) is 41.1 Å². The average Bonchev–Trinajstić information content (AvgIpc) is 3.15. The fourth-order valence-corrected chi connectivity index (χ4v) is 5.25. The molecule has 0 fully saturated rings. The Hall–Kier alpha value is -2.93. The second-order valence-corrected chi connectivity index (χ2v) is 9.10. The van der Waals surface area contributed by atoms with Crippen LogP contribution in [0.3, 0.4) is 0 Å². The van der Waals surface area contributed by atoms with Gasteiger partial charge in [0.2, 0.25) is 0 Å². The highest BCUT2D eigenvalue weighted by molar-refractivity contribution is 7.17. The normalized spacial score (nSPS) is 14.0. The Labute approximate surface area is 196 Å². The molecule has 1 aliphatic rings. The molecule has 0 atom stereocenters. The third-order valence-corrected chi connectivity index (χ3v) is 6.88. The molecule has 1 N–H and O–H groups in total. The average molecular weight is 467 g/mol. The number of anilines is 1. The van der Waals surface area contributed by atoms with E-state index in [-0.39, 0.29) is 5.91 Å². The number of esters is 1. The van der Waals surface area contributed by atoms with E-state index >= 15 is 0 Å². The number of hydrogen-bond acceptors (Lipinski definition) is 5. The van der Waals surface area contributed by atoms with E-state index in [1.54, 1.807) is 12.1 Å². The molecule has 32 heavy (non-hydrogen) atoms. The number of carbonyl (C=O) groups excluding carboxylic acids is 2. The Bertz CT molecular complexity index is 1190.